The molecule has 138 valence electrons. The molecule has 1 heterocycles. The molecule has 26 heavy (non-hydrogen) atoms. The van der Waals surface area contributed by atoms with Gasteiger partial charge in [-0.15, -0.1) is 11.3 Å². The van der Waals surface area contributed by atoms with E-state index in [-0.39, 0.29) is 24.6 Å². The summed E-state index contributed by atoms with van der Waals surface area (Å²) in [6, 6.07) is 7.80. The number of nitrogens with one attached hydrogen (secondary N) is 1. The highest BCUT2D eigenvalue weighted by atomic mass is 32.1. The first-order chi connectivity index (χ1) is 12.3. The minimum atomic E-state index is -0.519. The Morgan fingerprint density at radius 1 is 1.31 bits per heavy atom. The Labute approximate surface area is 155 Å². The van der Waals surface area contributed by atoms with E-state index in [1.165, 1.54) is 23.5 Å². The second kappa shape index (κ2) is 8.57. The molecule has 1 N–H and O–H groups in total. The van der Waals surface area contributed by atoms with E-state index < -0.39 is 16.8 Å². The average molecular weight is 376 g/mol. The van der Waals surface area contributed by atoms with Crippen molar-refractivity contribution in [1.82, 2.24) is 0 Å². The zero-order valence-electron chi connectivity index (χ0n) is 14.8. The van der Waals surface area contributed by atoms with Gasteiger partial charge in [-0.1, -0.05) is 32.0 Å². The minimum absolute atomic E-state index is 0.109. The summed E-state index contributed by atoms with van der Waals surface area (Å²) in [5.74, 6) is -0.743. The molecule has 0 aliphatic carbocycles. The summed E-state index contributed by atoms with van der Waals surface area (Å²) < 4.78 is 5.04. The highest BCUT2D eigenvalue weighted by Gasteiger charge is 2.21. The van der Waals surface area contributed by atoms with E-state index >= 15 is 0 Å². The number of esters is 1. The van der Waals surface area contributed by atoms with E-state index in [1.54, 1.807) is 25.1 Å². The van der Waals surface area contributed by atoms with Gasteiger partial charge in [0, 0.05) is 16.5 Å². The number of nitro groups is 1. The van der Waals surface area contributed by atoms with Gasteiger partial charge < -0.3 is 10.1 Å². The Morgan fingerprint density at radius 2 is 2.00 bits per heavy atom. The summed E-state index contributed by atoms with van der Waals surface area (Å²) in [5, 5.41) is 14.2. The second-order valence-electron chi connectivity index (χ2n) is 5.88. The van der Waals surface area contributed by atoms with Crippen molar-refractivity contribution in [2.75, 3.05) is 11.9 Å². The Hall–Kier alpha value is -2.74. The van der Waals surface area contributed by atoms with Crippen LogP contribution < -0.4 is 5.32 Å². The van der Waals surface area contributed by atoms with Gasteiger partial charge in [-0.3, -0.25) is 14.9 Å². The topological polar surface area (TPSA) is 98.5 Å². The summed E-state index contributed by atoms with van der Waals surface area (Å²) >= 11 is 1.30. The fourth-order valence-electron chi connectivity index (χ4n) is 2.33. The Morgan fingerprint density at radius 3 is 2.62 bits per heavy atom. The lowest BCUT2D eigenvalue weighted by Crippen LogP contribution is -2.16. The number of benzene rings is 1. The molecule has 1 aromatic carbocycles. The van der Waals surface area contributed by atoms with Crippen LogP contribution in [0.3, 0.4) is 0 Å². The van der Waals surface area contributed by atoms with E-state index in [2.05, 4.69) is 5.32 Å². The maximum Gasteiger partial charge on any atom is 0.341 e. The van der Waals surface area contributed by atoms with Crippen LogP contribution >= 0.6 is 11.3 Å². The number of hydrogen-bond acceptors (Lipinski definition) is 6. The molecule has 1 amide bonds. The highest BCUT2D eigenvalue weighted by molar-refractivity contribution is 7.16. The van der Waals surface area contributed by atoms with E-state index in [0.717, 1.165) is 4.88 Å². The lowest BCUT2D eigenvalue weighted by Gasteiger charge is -2.06. The highest BCUT2D eigenvalue weighted by Crippen LogP contribution is 2.33. The van der Waals surface area contributed by atoms with Crippen molar-refractivity contribution < 1.29 is 19.2 Å². The lowest BCUT2D eigenvalue weighted by molar-refractivity contribution is -0.385. The monoisotopic (exact) mass is 376 g/mol. The number of anilines is 1. The van der Waals surface area contributed by atoms with Crippen LogP contribution in [0.25, 0.3) is 0 Å². The third-order valence-electron chi connectivity index (χ3n) is 3.61. The van der Waals surface area contributed by atoms with Crippen molar-refractivity contribution in [3.63, 3.8) is 0 Å². The number of thiophene rings is 1. The van der Waals surface area contributed by atoms with Gasteiger partial charge in [-0.2, -0.15) is 0 Å². The minimum Gasteiger partial charge on any atom is -0.462 e. The molecule has 0 spiro atoms. The van der Waals surface area contributed by atoms with E-state index in [9.17, 15) is 19.7 Å². The van der Waals surface area contributed by atoms with Crippen LogP contribution in [0.15, 0.2) is 30.3 Å². The van der Waals surface area contributed by atoms with Gasteiger partial charge in [0.15, 0.2) is 0 Å². The van der Waals surface area contributed by atoms with Gasteiger partial charge >= 0.3 is 5.97 Å². The number of nitro benzene ring substituents is 1. The molecule has 0 saturated carbocycles. The van der Waals surface area contributed by atoms with Gasteiger partial charge in [0.2, 0.25) is 5.91 Å². The number of carbonyl (C=O) groups excluding carboxylic acids is 2. The number of rotatable bonds is 7. The summed E-state index contributed by atoms with van der Waals surface area (Å²) in [6.45, 7) is 5.91. The van der Waals surface area contributed by atoms with Crippen molar-refractivity contribution >= 4 is 33.9 Å². The molecule has 0 saturated heterocycles. The van der Waals surface area contributed by atoms with Gasteiger partial charge in [0.25, 0.3) is 5.69 Å². The first kappa shape index (κ1) is 19.6. The number of para-hydroxylation sites is 1. The summed E-state index contributed by atoms with van der Waals surface area (Å²) in [4.78, 5) is 36.0. The van der Waals surface area contributed by atoms with Gasteiger partial charge in [0.1, 0.15) is 5.00 Å². The van der Waals surface area contributed by atoms with E-state index in [0.29, 0.717) is 16.1 Å². The van der Waals surface area contributed by atoms with Crippen LogP contribution in [-0.2, 0) is 16.0 Å². The van der Waals surface area contributed by atoms with Crippen LogP contribution in [0.4, 0.5) is 10.7 Å². The predicted octanol–water partition coefficient (Wildman–Crippen LogP) is 4.14. The molecule has 0 unspecified atom stereocenters. The van der Waals surface area contributed by atoms with Gasteiger partial charge in [-0.05, 0) is 18.9 Å². The Balaban J connectivity index is 2.23. The molecule has 2 aromatic rings. The Kier molecular flexibility index (Phi) is 6.46. The van der Waals surface area contributed by atoms with Crippen molar-refractivity contribution in [1.29, 1.82) is 0 Å². The number of ether oxygens (including phenoxy) is 1. The largest absolute Gasteiger partial charge is 0.462 e. The van der Waals surface area contributed by atoms with Crippen LogP contribution in [-0.4, -0.2) is 23.4 Å². The third kappa shape index (κ3) is 4.66. The average Bonchev–Trinajstić information content (AvgIpc) is 2.99. The predicted molar refractivity (Wildman–Crippen MR) is 99.8 cm³/mol. The smallest absolute Gasteiger partial charge is 0.341 e. The molecular formula is C18H20N2O5S. The quantitative estimate of drug-likeness (QED) is 0.445. The number of carbonyl (C=O) groups is 2. The van der Waals surface area contributed by atoms with E-state index in [1.807, 2.05) is 13.8 Å². The molecule has 0 fully saturated rings. The normalized spacial score (nSPS) is 10.6. The maximum absolute atomic E-state index is 12.4. The molecule has 0 atom stereocenters. The number of nitrogens with zero attached hydrogens (tertiary/aromatic N) is 1. The Bertz CT molecular complexity index is 829. The molecule has 8 heteroatoms. The zero-order chi connectivity index (χ0) is 19.3. The van der Waals surface area contributed by atoms with Crippen LogP contribution in [0.2, 0.25) is 0 Å². The van der Waals surface area contributed by atoms with Crippen molar-refractivity contribution in [2.24, 2.45) is 0 Å². The first-order valence-electron chi connectivity index (χ1n) is 8.16. The lowest BCUT2D eigenvalue weighted by atomic mass is 10.1. The molecule has 1 aromatic heterocycles. The summed E-state index contributed by atoms with van der Waals surface area (Å²) in [7, 11) is 0. The third-order valence-corrected chi connectivity index (χ3v) is 4.96. The maximum atomic E-state index is 12.4. The van der Waals surface area contributed by atoms with Crippen molar-refractivity contribution in [3.8, 4) is 0 Å². The van der Waals surface area contributed by atoms with Gasteiger partial charge in [-0.25, -0.2) is 4.79 Å². The van der Waals surface area contributed by atoms with Crippen molar-refractivity contribution in [2.45, 2.75) is 33.1 Å². The molecule has 0 bridgehead atoms. The van der Waals surface area contributed by atoms with Crippen LogP contribution in [0.1, 0.15) is 47.5 Å². The standard InChI is InChI=1S/C18H20N2O5S/c1-4-25-18(22)13-10-15(11(2)3)26-17(13)19-16(21)9-12-7-5-6-8-14(12)20(23)24/h5-8,10-11H,4,9H2,1-3H3,(H,19,21). The fraction of sp³-hybridized carbons (Fsp3) is 0.333. The van der Waals surface area contributed by atoms with Crippen LogP contribution in [0.5, 0.6) is 0 Å². The zero-order valence-corrected chi connectivity index (χ0v) is 15.6. The summed E-state index contributed by atoms with van der Waals surface area (Å²) in [5.41, 5.74) is 0.507. The molecule has 0 radical (unpaired) electrons. The molecule has 0 aliphatic rings. The first-order valence-corrected chi connectivity index (χ1v) is 8.98. The molecule has 7 nitrogen and oxygen atoms in total. The SMILES string of the molecule is CCOC(=O)c1cc(C(C)C)sc1NC(=O)Cc1ccccc1[N+](=O)[O-]. The number of amides is 1. The number of hydrogen-bond donors (Lipinski definition) is 1. The van der Waals surface area contributed by atoms with E-state index in [4.69, 9.17) is 4.74 Å². The summed E-state index contributed by atoms with van der Waals surface area (Å²) in [6.07, 6.45) is -0.158. The van der Waals surface area contributed by atoms with Gasteiger partial charge in [0.05, 0.1) is 23.5 Å². The second-order valence-corrected chi connectivity index (χ2v) is 6.96. The molecular weight excluding hydrogens is 356 g/mol. The molecule has 0 aliphatic heterocycles. The van der Waals surface area contributed by atoms with Crippen molar-refractivity contribution in [3.05, 3.63) is 56.5 Å². The van der Waals surface area contributed by atoms with Crippen LogP contribution in [0, 0.1) is 10.1 Å². The fourth-order valence-corrected chi connectivity index (χ4v) is 3.40. The molecule has 2 rings (SSSR count).